The zero-order valence-electron chi connectivity index (χ0n) is 14.8. The molecule has 0 N–H and O–H groups in total. The van der Waals surface area contributed by atoms with E-state index in [0.29, 0.717) is 26.1 Å². The van der Waals surface area contributed by atoms with Crippen LogP contribution in [0.2, 0.25) is 0 Å². The Morgan fingerprint density at radius 2 is 1.65 bits per heavy atom. The van der Waals surface area contributed by atoms with E-state index in [4.69, 9.17) is 4.74 Å². The first kappa shape index (κ1) is 16.8. The van der Waals surface area contributed by atoms with Crippen molar-refractivity contribution >= 4 is 11.9 Å². The minimum atomic E-state index is -0.258. The van der Waals surface area contributed by atoms with E-state index in [9.17, 15) is 9.59 Å². The third-order valence-electron chi connectivity index (χ3n) is 5.71. The summed E-state index contributed by atoms with van der Waals surface area (Å²) < 4.78 is 5.44. The lowest BCUT2D eigenvalue weighted by Crippen LogP contribution is -2.46. The van der Waals surface area contributed by atoms with Gasteiger partial charge in [0, 0.05) is 25.1 Å². The normalized spacial score (nSPS) is 18.5. The van der Waals surface area contributed by atoms with Crippen LogP contribution in [-0.2, 0) is 17.8 Å². The van der Waals surface area contributed by atoms with Gasteiger partial charge in [0.2, 0.25) is 0 Å². The van der Waals surface area contributed by atoms with Gasteiger partial charge in [-0.2, -0.15) is 0 Å². The highest BCUT2D eigenvalue weighted by atomic mass is 16.6. The molecule has 26 heavy (non-hydrogen) atoms. The Kier molecular flexibility index (Phi) is 4.49. The third kappa shape index (κ3) is 3.36. The van der Waals surface area contributed by atoms with Gasteiger partial charge in [0.25, 0.3) is 0 Å². The first-order valence-electron chi connectivity index (χ1n) is 9.22. The van der Waals surface area contributed by atoms with Gasteiger partial charge in [-0.25, -0.2) is 4.79 Å². The molecular formula is C22H23NO3. The molecule has 4 nitrogen and oxygen atoms in total. The number of benzene rings is 2. The number of hydrogen-bond acceptors (Lipinski definition) is 3. The van der Waals surface area contributed by atoms with Crippen molar-refractivity contribution in [3.63, 3.8) is 0 Å². The van der Waals surface area contributed by atoms with Crippen molar-refractivity contribution in [3.8, 4) is 0 Å². The van der Waals surface area contributed by atoms with Crippen molar-refractivity contribution in [2.75, 3.05) is 13.1 Å². The highest BCUT2D eigenvalue weighted by molar-refractivity contribution is 5.99. The second-order valence-electron chi connectivity index (χ2n) is 7.46. The maximum atomic E-state index is 12.5. The van der Waals surface area contributed by atoms with Crippen LogP contribution in [0.3, 0.4) is 0 Å². The average Bonchev–Trinajstić information content (AvgIpc) is 2.67. The molecule has 4 heteroatoms. The molecule has 0 atom stereocenters. The van der Waals surface area contributed by atoms with Crippen LogP contribution in [0, 0.1) is 5.41 Å². The van der Waals surface area contributed by atoms with E-state index >= 15 is 0 Å². The van der Waals surface area contributed by atoms with E-state index < -0.39 is 0 Å². The second kappa shape index (κ2) is 6.94. The molecule has 134 valence electrons. The number of carbonyl (C=O) groups is 2. The molecule has 1 aliphatic carbocycles. The number of ketones is 1. The fraction of sp³-hybridized carbons (Fsp3) is 0.364. The molecule has 0 bridgehead atoms. The van der Waals surface area contributed by atoms with Crippen molar-refractivity contribution in [2.24, 2.45) is 5.41 Å². The number of likely N-dealkylation sites (tertiary alicyclic amines) is 1. The Hall–Kier alpha value is -2.62. The van der Waals surface area contributed by atoms with Crippen molar-refractivity contribution in [1.82, 2.24) is 4.90 Å². The summed E-state index contributed by atoms with van der Waals surface area (Å²) in [5, 5.41) is 0. The molecule has 1 fully saturated rings. The number of Topliss-reactive ketones (excluding diaryl/α,β-unsaturated/α-hetero) is 1. The van der Waals surface area contributed by atoms with Gasteiger partial charge in [-0.05, 0) is 35.8 Å². The molecule has 0 unspecified atom stereocenters. The number of hydrogen-bond donors (Lipinski definition) is 0. The third-order valence-corrected chi connectivity index (χ3v) is 5.71. The predicted molar refractivity (Wildman–Crippen MR) is 99.0 cm³/mol. The number of piperidine rings is 1. The molecule has 4 rings (SSSR count). The van der Waals surface area contributed by atoms with Crippen LogP contribution < -0.4 is 0 Å². The topological polar surface area (TPSA) is 46.6 Å². The van der Waals surface area contributed by atoms with Crippen LogP contribution >= 0.6 is 0 Å². The standard InChI is InChI=1S/C22H23NO3/c24-20-15-22(14-18-8-4-5-9-19(18)20)10-12-23(13-11-22)21(25)26-16-17-6-2-1-3-7-17/h1-9H,10-16H2. The zero-order valence-corrected chi connectivity index (χ0v) is 14.8. The molecular weight excluding hydrogens is 326 g/mol. The predicted octanol–water partition coefficient (Wildman–Crippen LogP) is 4.23. The first-order chi connectivity index (χ1) is 12.7. The van der Waals surface area contributed by atoms with Gasteiger partial charge in [-0.3, -0.25) is 4.79 Å². The minimum absolute atomic E-state index is 0.00163. The number of rotatable bonds is 2. The van der Waals surface area contributed by atoms with E-state index in [2.05, 4.69) is 6.07 Å². The number of amides is 1. The summed E-state index contributed by atoms with van der Waals surface area (Å²) in [4.78, 5) is 26.6. The van der Waals surface area contributed by atoms with Gasteiger partial charge in [-0.15, -0.1) is 0 Å². The Labute approximate surface area is 153 Å². The van der Waals surface area contributed by atoms with Crippen molar-refractivity contribution in [3.05, 3.63) is 71.3 Å². The molecule has 1 spiro atoms. The van der Waals surface area contributed by atoms with E-state index in [1.165, 1.54) is 0 Å². The van der Waals surface area contributed by atoms with E-state index in [1.54, 1.807) is 4.90 Å². The summed E-state index contributed by atoms with van der Waals surface area (Å²) in [6, 6.07) is 17.6. The summed E-state index contributed by atoms with van der Waals surface area (Å²) in [5.74, 6) is 0.243. The maximum Gasteiger partial charge on any atom is 0.410 e. The zero-order chi connectivity index (χ0) is 18.0. The lowest BCUT2D eigenvalue weighted by molar-refractivity contribution is 0.0522. The van der Waals surface area contributed by atoms with Crippen molar-refractivity contribution in [2.45, 2.75) is 32.3 Å². The number of carbonyl (C=O) groups excluding carboxylic acids is 2. The smallest absolute Gasteiger partial charge is 0.410 e. The largest absolute Gasteiger partial charge is 0.445 e. The summed E-state index contributed by atoms with van der Waals surface area (Å²) >= 11 is 0. The van der Waals surface area contributed by atoms with Crippen molar-refractivity contribution < 1.29 is 14.3 Å². The maximum absolute atomic E-state index is 12.5. The summed E-state index contributed by atoms with van der Waals surface area (Å²) in [5.41, 5.74) is 3.03. The Morgan fingerprint density at radius 1 is 0.962 bits per heavy atom. The first-order valence-corrected chi connectivity index (χ1v) is 9.22. The van der Waals surface area contributed by atoms with Crippen molar-refractivity contribution in [1.29, 1.82) is 0 Å². The average molecular weight is 349 g/mol. The van der Waals surface area contributed by atoms with Gasteiger partial charge >= 0.3 is 6.09 Å². The Morgan fingerprint density at radius 3 is 2.42 bits per heavy atom. The summed E-state index contributed by atoms with van der Waals surface area (Å²) in [6.45, 7) is 1.61. The lowest BCUT2D eigenvalue weighted by atomic mass is 9.66. The van der Waals surface area contributed by atoms with Gasteiger partial charge in [0.1, 0.15) is 6.61 Å². The van der Waals surface area contributed by atoms with Gasteiger partial charge < -0.3 is 9.64 Å². The molecule has 1 heterocycles. The van der Waals surface area contributed by atoms with Gasteiger partial charge in [0.05, 0.1) is 0 Å². The summed E-state index contributed by atoms with van der Waals surface area (Å²) in [7, 11) is 0. The van der Waals surface area contributed by atoms with Gasteiger partial charge in [-0.1, -0.05) is 54.6 Å². The number of nitrogens with zero attached hydrogens (tertiary/aromatic N) is 1. The molecule has 0 radical (unpaired) electrons. The lowest BCUT2D eigenvalue weighted by Gasteiger charge is -2.43. The van der Waals surface area contributed by atoms with Crippen LogP contribution in [0.4, 0.5) is 4.79 Å². The van der Waals surface area contributed by atoms with Crippen LogP contribution in [0.25, 0.3) is 0 Å². The SMILES string of the molecule is O=C1CC2(CCN(C(=O)OCc3ccccc3)CC2)Cc2ccccc21. The Balaban J connectivity index is 1.35. The number of ether oxygens (including phenoxy) is 1. The molecule has 2 aliphatic rings. The van der Waals surface area contributed by atoms with Gasteiger partial charge in [0.15, 0.2) is 5.78 Å². The monoisotopic (exact) mass is 349 g/mol. The van der Waals surface area contributed by atoms with E-state index in [-0.39, 0.29) is 17.3 Å². The molecule has 2 aromatic carbocycles. The Bertz CT molecular complexity index is 807. The highest BCUT2D eigenvalue weighted by Gasteiger charge is 2.41. The van der Waals surface area contributed by atoms with Crippen LogP contribution in [0.1, 0.15) is 40.7 Å². The highest BCUT2D eigenvalue weighted by Crippen LogP contribution is 2.43. The quantitative estimate of drug-likeness (QED) is 0.815. The fourth-order valence-corrected chi connectivity index (χ4v) is 4.18. The fourth-order valence-electron chi connectivity index (χ4n) is 4.18. The molecule has 1 saturated heterocycles. The van der Waals surface area contributed by atoms with Crippen LogP contribution in [-0.4, -0.2) is 29.9 Å². The van der Waals surface area contributed by atoms with E-state index in [0.717, 1.165) is 36.0 Å². The summed E-state index contributed by atoms with van der Waals surface area (Å²) in [6.07, 6.45) is 2.98. The van der Waals surface area contributed by atoms with Crippen LogP contribution in [0.15, 0.2) is 54.6 Å². The number of fused-ring (bicyclic) bond motifs is 1. The minimum Gasteiger partial charge on any atom is -0.445 e. The molecule has 0 saturated carbocycles. The molecule has 2 aromatic rings. The van der Waals surface area contributed by atoms with E-state index in [1.807, 2.05) is 48.5 Å². The molecule has 0 aromatic heterocycles. The molecule has 1 amide bonds. The van der Waals surface area contributed by atoms with Crippen LogP contribution in [0.5, 0.6) is 0 Å². The second-order valence-corrected chi connectivity index (χ2v) is 7.46. The molecule has 1 aliphatic heterocycles.